The lowest BCUT2D eigenvalue weighted by molar-refractivity contribution is -0.803. The Morgan fingerprint density at radius 1 is 1.05 bits per heavy atom. The maximum atomic E-state index is 9.83. The number of aliphatic carboxylic acids is 1. The zero-order valence-corrected chi connectivity index (χ0v) is 9.65. The van der Waals surface area contributed by atoms with E-state index in [0.717, 1.165) is 0 Å². The number of rotatable bonds is 9. The second-order valence-electron chi connectivity index (χ2n) is 2.59. The van der Waals surface area contributed by atoms with Crippen molar-refractivity contribution in [2.45, 2.75) is 6.10 Å². The number of carbonyl (C=O) groups is 1. The zero-order valence-electron chi connectivity index (χ0n) is 9.65. The molecule has 0 unspecified atom stereocenters. The molecule has 0 saturated heterocycles. The first-order valence-electron chi connectivity index (χ1n) is 4.46. The quantitative estimate of drug-likeness (QED) is 0.349. The molecule has 0 aliphatic carbocycles. The molecule has 0 aromatic rings. The van der Waals surface area contributed by atoms with E-state index in [4.69, 9.17) is 5.11 Å². The third-order valence-corrected chi connectivity index (χ3v) is 1.14. The van der Waals surface area contributed by atoms with Crippen LogP contribution in [-0.4, -0.2) is 52.2 Å². The lowest BCUT2D eigenvalue weighted by Crippen LogP contribution is -2.30. The second-order valence-corrected chi connectivity index (χ2v) is 2.59. The third kappa shape index (κ3) is 17.4. The fourth-order valence-electron chi connectivity index (χ4n) is 0.519. The summed E-state index contributed by atoms with van der Waals surface area (Å²) in [6, 6.07) is 0. The minimum absolute atomic E-state index is 0.278. The monoisotopic (exact) mass is 302 g/mol. The minimum atomic E-state index is -1.55. The molecule has 3 N–H and O–H groups in total. The van der Waals surface area contributed by atoms with Gasteiger partial charge in [-0.15, -0.1) is 30.3 Å². The van der Waals surface area contributed by atoms with Crippen LogP contribution in [0, 0.1) is 30.3 Å². The third-order valence-electron chi connectivity index (χ3n) is 1.14. The Balaban J connectivity index is 0. The molecular weight excluding hydrogens is 292 g/mol. The van der Waals surface area contributed by atoms with E-state index in [2.05, 4.69) is 20.2 Å². The summed E-state index contributed by atoms with van der Waals surface area (Å²) in [7, 11) is 0. The highest BCUT2D eigenvalue weighted by Gasteiger charge is 2.17. The number of nitrogens with zero attached hydrogens (tertiary/aromatic N) is 3. The highest BCUT2D eigenvalue weighted by molar-refractivity contribution is 5.68. The van der Waals surface area contributed by atoms with Crippen molar-refractivity contribution >= 4 is 5.97 Å². The standard InChI is InChI=1S/C3H5N3O9.C2H5NO2/c7-4(8)13-1-3(15-6(11)12)2-14-5(9)10;3-1-2(4)5/h3H,1-2H2;1,3H2,(H,4,5). The molecule has 15 heteroatoms. The van der Waals surface area contributed by atoms with Gasteiger partial charge in [-0.2, -0.15) is 0 Å². The van der Waals surface area contributed by atoms with Crippen LogP contribution in [-0.2, 0) is 19.3 Å². The van der Waals surface area contributed by atoms with Crippen molar-refractivity contribution in [3.05, 3.63) is 30.3 Å². The molecule has 0 amide bonds. The van der Waals surface area contributed by atoms with Crippen LogP contribution in [0.1, 0.15) is 0 Å². The Bertz CT molecular complexity index is 328. The number of carboxylic acids is 1. The molecule has 0 atom stereocenters. The molecule has 0 fully saturated rings. The lowest BCUT2D eigenvalue weighted by Gasteiger charge is -2.11. The average molecular weight is 302 g/mol. The van der Waals surface area contributed by atoms with Gasteiger partial charge >= 0.3 is 5.97 Å². The summed E-state index contributed by atoms with van der Waals surface area (Å²) >= 11 is 0. The smallest absolute Gasteiger partial charge is 0.317 e. The van der Waals surface area contributed by atoms with Gasteiger partial charge in [0, 0.05) is 0 Å². The summed E-state index contributed by atoms with van der Waals surface area (Å²) in [6.45, 7) is -1.97. The molecule has 0 bridgehead atoms. The van der Waals surface area contributed by atoms with Crippen molar-refractivity contribution in [3.63, 3.8) is 0 Å². The first kappa shape index (κ1) is 19.4. The van der Waals surface area contributed by atoms with E-state index in [1.807, 2.05) is 0 Å². The number of hydrogen-bond acceptors (Lipinski definition) is 11. The topological polar surface area (TPSA) is 220 Å². The summed E-state index contributed by atoms with van der Waals surface area (Å²) in [5, 5.41) is 33.1. The summed E-state index contributed by atoms with van der Waals surface area (Å²) in [4.78, 5) is 49.8. The molecule has 0 aliphatic rings. The van der Waals surface area contributed by atoms with Gasteiger partial charge in [-0.05, 0) is 0 Å². The highest BCUT2D eigenvalue weighted by Crippen LogP contribution is 1.96. The Kier molecular flexibility index (Phi) is 10.8. The molecule has 15 nitrogen and oxygen atoms in total. The maximum absolute atomic E-state index is 9.83. The van der Waals surface area contributed by atoms with E-state index in [-0.39, 0.29) is 6.54 Å². The van der Waals surface area contributed by atoms with Crippen LogP contribution < -0.4 is 5.73 Å². The molecular formula is C5H10N4O11. The van der Waals surface area contributed by atoms with Gasteiger partial charge in [-0.1, -0.05) is 0 Å². The van der Waals surface area contributed by atoms with Gasteiger partial charge in [0.1, 0.15) is 13.2 Å². The molecule has 0 spiro atoms. The molecule has 0 heterocycles. The highest BCUT2D eigenvalue weighted by atomic mass is 17.0. The van der Waals surface area contributed by atoms with Crippen molar-refractivity contribution in [2.75, 3.05) is 19.8 Å². The van der Waals surface area contributed by atoms with Gasteiger partial charge in [0.25, 0.3) is 15.3 Å². The molecule has 0 radical (unpaired) electrons. The van der Waals surface area contributed by atoms with E-state index in [1.54, 1.807) is 0 Å². The molecule has 0 rings (SSSR count). The van der Waals surface area contributed by atoms with Crippen LogP contribution in [0.3, 0.4) is 0 Å². The first-order chi connectivity index (χ1) is 9.18. The second kappa shape index (κ2) is 11.1. The van der Waals surface area contributed by atoms with Crippen LogP contribution in [0.4, 0.5) is 0 Å². The van der Waals surface area contributed by atoms with Gasteiger partial charge in [0.15, 0.2) is 6.10 Å². The lowest BCUT2D eigenvalue weighted by atomic mass is 10.4. The Morgan fingerprint density at radius 2 is 1.40 bits per heavy atom. The fourth-order valence-corrected chi connectivity index (χ4v) is 0.519. The largest absolute Gasteiger partial charge is 0.480 e. The summed E-state index contributed by atoms with van der Waals surface area (Å²) in [5.41, 5.74) is 4.57. The van der Waals surface area contributed by atoms with E-state index < -0.39 is 40.5 Å². The normalized spacial score (nSPS) is 8.90. The molecule has 116 valence electrons. The Morgan fingerprint density at radius 3 is 1.60 bits per heavy atom. The van der Waals surface area contributed by atoms with Gasteiger partial charge in [0.2, 0.25) is 0 Å². The molecule has 0 aromatic carbocycles. The summed E-state index contributed by atoms with van der Waals surface area (Å²) < 4.78 is 0. The van der Waals surface area contributed by atoms with Crippen molar-refractivity contribution in [2.24, 2.45) is 5.73 Å². The van der Waals surface area contributed by atoms with Gasteiger partial charge in [0.05, 0.1) is 6.54 Å². The van der Waals surface area contributed by atoms with Crippen LogP contribution in [0.5, 0.6) is 0 Å². The Labute approximate surface area is 109 Å². The van der Waals surface area contributed by atoms with E-state index in [1.165, 1.54) is 0 Å². The molecule has 0 saturated carbocycles. The summed E-state index contributed by atoms with van der Waals surface area (Å²) in [5.74, 6) is -0.968. The average Bonchev–Trinajstić information content (AvgIpc) is 2.32. The maximum Gasteiger partial charge on any atom is 0.317 e. The van der Waals surface area contributed by atoms with E-state index in [9.17, 15) is 35.1 Å². The predicted octanol–water partition coefficient (Wildman–Crippen LogP) is -1.99. The van der Waals surface area contributed by atoms with Crippen LogP contribution in [0.2, 0.25) is 0 Å². The molecule has 0 aromatic heterocycles. The first-order valence-corrected chi connectivity index (χ1v) is 4.46. The van der Waals surface area contributed by atoms with Crippen molar-refractivity contribution < 1.29 is 39.7 Å². The SMILES string of the molecule is NCC(=O)O.O=[N+]([O-])OCC(CO[N+](=O)[O-])O[N+](=O)[O-]. The van der Waals surface area contributed by atoms with Gasteiger partial charge < -0.3 is 25.4 Å². The van der Waals surface area contributed by atoms with Gasteiger partial charge in [-0.25, -0.2) is 0 Å². The molecule has 20 heavy (non-hydrogen) atoms. The van der Waals surface area contributed by atoms with E-state index in [0.29, 0.717) is 0 Å². The van der Waals surface area contributed by atoms with Crippen molar-refractivity contribution in [1.29, 1.82) is 0 Å². The zero-order chi connectivity index (χ0) is 16.1. The van der Waals surface area contributed by atoms with Crippen molar-refractivity contribution in [1.82, 2.24) is 0 Å². The minimum Gasteiger partial charge on any atom is -0.480 e. The van der Waals surface area contributed by atoms with Crippen LogP contribution in [0.25, 0.3) is 0 Å². The van der Waals surface area contributed by atoms with E-state index >= 15 is 0 Å². The molecule has 0 aliphatic heterocycles. The Hall–Kier alpha value is -2.97. The van der Waals surface area contributed by atoms with Crippen LogP contribution >= 0.6 is 0 Å². The summed E-state index contributed by atoms with van der Waals surface area (Å²) in [6.07, 6.45) is -1.55. The number of carboxylic acid groups (broad SMARTS) is 1. The predicted molar refractivity (Wildman–Crippen MR) is 54.5 cm³/mol. The van der Waals surface area contributed by atoms with Gasteiger partial charge in [-0.3, -0.25) is 4.79 Å². The van der Waals surface area contributed by atoms with Crippen molar-refractivity contribution in [3.8, 4) is 0 Å². The fraction of sp³-hybridized carbons (Fsp3) is 0.800. The number of nitrogens with two attached hydrogens (primary N) is 1. The van der Waals surface area contributed by atoms with Crippen LogP contribution in [0.15, 0.2) is 0 Å². The number of hydrogen-bond donors (Lipinski definition) is 2.